The molecule has 0 aliphatic carbocycles. The molecule has 82 valence electrons. The van der Waals surface area contributed by atoms with Gasteiger partial charge in [-0.05, 0) is 17.7 Å². The summed E-state index contributed by atoms with van der Waals surface area (Å²) in [6, 6.07) is 20.5. The fourth-order valence-corrected chi connectivity index (χ4v) is 1.92. The van der Waals surface area contributed by atoms with E-state index in [2.05, 4.69) is 34.5 Å². The van der Waals surface area contributed by atoms with E-state index in [-0.39, 0.29) is 0 Å². The fourth-order valence-electron chi connectivity index (χ4n) is 1.92. The molecule has 0 unspecified atom stereocenters. The largest absolute Gasteiger partial charge is 0.155 e. The van der Waals surface area contributed by atoms with Crippen LogP contribution in [-0.2, 0) is 6.42 Å². The van der Waals surface area contributed by atoms with Gasteiger partial charge in [0.15, 0.2) is 0 Å². The number of fused-ring (bicyclic) bond motifs is 1. The highest BCUT2D eigenvalue weighted by Crippen LogP contribution is 2.13. The molecule has 0 spiro atoms. The first-order valence-electron chi connectivity index (χ1n) is 5.67. The molecule has 2 nitrogen and oxygen atoms in total. The molecule has 2 aromatic carbocycles. The van der Waals surface area contributed by atoms with E-state index in [1.807, 2.05) is 36.4 Å². The normalized spacial score (nSPS) is 10.6. The van der Waals surface area contributed by atoms with E-state index in [0.29, 0.717) is 0 Å². The van der Waals surface area contributed by atoms with Crippen LogP contribution in [0.5, 0.6) is 0 Å². The quantitative estimate of drug-likeness (QED) is 0.662. The van der Waals surface area contributed by atoms with E-state index in [0.717, 1.165) is 23.0 Å². The van der Waals surface area contributed by atoms with Crippen LogP contribution in [0.15, 0.2) is 60.7 Å². The topological polar surface area (TPSA) is 25.8 Å². The van der Waals surface area contributed by atoms with Crippen molar-refractivity contribution in [3.8, 4) is 0 Å². The number of rotatable bonds is 2. The van der Waals surface area contributed by atoms with Gasteiger partial charge in [-0.2, -0.15) is 10.2 Å². The molecule has 0 radical (unpaired) electrons. The van der Waals surface area contributed by atoms with Gasteiger partial charge in [0.1, 0.15) is 0 Å². The van der Waals surface area contributed by atoms with Crippen molar-refractivity contribution in [1.29, 1.82) is 0 Å². The second-order valence-corrected chi connectivity index (χ2v) is 4.06. The minimum Gasteiger partial charge on any atom is -0.155 e. The van der Waals surface area contributed by atoms with Gasteiger partial charge in [-0.1, -0.05) is 48.5 Å². The van der Waals surface area contributed by atoms with Gasteiger partial charge in [0.05, 0.1) is 11.2 Å². The summed E-state index contributed by atoms with van der Waals surface area (Å²) in [6.07, 6.45) is 0.832. The van der Waals surface area contributed by atoms with Crippen molar-refractivity contribution < 1.29 is 0 Å². The molecule has 1 aromatic heterocycles. The first kappa shape index (κ1) is 9.97. The molecule has 0 fully saturated rings. The number of benzene rings is 2. The predicted octanol–water partition coefficient (Wildman–Crippen LogP) is 3.22. The second-order valence-electron chi connectivity index (χ2n) is 4.06. The minimum absolute atomic E-state index is 0.832. The van der Waals surface area contributed by atoms with Crippen molar-refractivity contribution in [3.63, 3.8) is 0 Å². The van der Waals surface area contributed by atoms with Crippen LogP contribution in [-0.4, -0.2) is 10.2 Å². The summed E-state index contributed by atoms with van der Waals surface area (Å²) in [6.45, 7) is 0. The summed E-state index contributed by atoms with van der Waals surface area (Å²) in [5, 5.41) is 9.63. The van der Waals surface area contributed by atoms with Crippen molar-refractivity contribution in [2.24, 2.45) is 0 Å². The molecule has 0 saturated heterocycles. The molecule has 0 aliphatic heterocycles. The lowest BCUT2D eigenvalue weighted by Crippen LogP contribution is -1.94. The molecule has 0 atom stereocenters. The predicted molar refractivity (Wildman–Crippen MR) is 68.8 cm³/mol. The molecule has 2 heteroatoms. The molecule has 0 bridgehead atoms. The van der Waals surface area contributed by atoms with Crippen LogP contribution in [0.1, 0.15) is 11.3 Å². The summed E-state index contributed by atoms with van der Waals surface area (Å²) in [4.78, 5) is 0. The van der Waals surface area contributed by atoms with Gasteiger partial charge in [0.2, 0.25) is 0 Å². The zero-order valence-electron chi connectivity index (χ0n) is 9.38. The van der Waals surface area contributed by atoms with E-state index in [1.165, 1.54) is 5.56 Å². The Hall–Kier alpha value is -2.22. The molecule has 0 saturated carbocycles. The van der Waals surface area contributed by atoms with Gasteiger partial charge in [-0.25, -0.2) is 0 Å². The van der Waals surface area contributed by atoms with Gasteiger partial charge in [-0.15, -0.1) is 0 Å². The van der Waals surface area contributed by atoms with E-state index in [1.54, 1.807) is 0 Å². The molecule has 17 heavy (non-hydrogen) atoms. The lowest BCUT2D eigenvalue weighted by atomic mass is 10.1. The molecule has 3 aromatic rings. The van der Waals surface area contributed by atoms with Crippen molar-refractivity contribution in [2.45, 2.75) is 6.42 Å². The van der Waals surface area contributed by atoms with Crippen LogP contribution in [0.4, 0.5) is 0 Å². The third-order valence-corrected chi connectivity index (χ3v) is 2.77. The maximum atomic E-state index is 4.25. The minimum atomic E-state index is 0.832. The van der Waals surface area contributed by atoms with Crippen LogP contribution in [0.25, 0.3) is 10.9 Å². The Bertz CT molecular complexity index is 633. The van der Waals surface area contributed by atoms with Crippen LogP contribution < -0.4 is 0 Å². The van der Waals surface area contributed by atoms with E-state index in [4.69, 9.17) is 0 Å². The Kier molecular flexibility index (Phi) is 2.54. The maximum absolute atomic E-state index is 4.25. The van der Waals surface area contributed by atoms with Crippen molar-refractivity contribution in [2.75, 3.05) is 0 Å². The van der Waals surface area contributed by atoms with E-state index in [9.17, 15) is 0 Å². The van der Waals surface area contributed by atoms with Crippen LogP contribution in [0, 0.1) is 0 Å². The molecule has 0 N–H and O–H groups in total. The van der Waals surface area contributed by atoms with Crippen LogP contribution in [0.2, 0.25) is 0 Å². The average Bonchev–Trinajstić information content (AvgIpc) is 2.40. The molecule has 3 rings (SSSR count). The lowest BCUT2D eigenvalue weighted by molar-refractivity contribution is 0.966. The standard InChI is InChI=1S/C15H12N2/c1-2-6-12(7-3-1)10-14-11-13-8-4-5-9-15(13)17-16-14/h1-9,11H,10H2. The van der Waals surface area contributed by atoms with Gasteiger partial charge < -0.3 is 0 Å². The van der Waals surface area contributed by atoms with Gasteiger partial charge in [0, 0.05) is 11.8 Å². The zero-order chi connectivity index (χ0) is 11.5. The van der Waals surface area contributed by atoms with Crippen LogP contribution in [0.3, 0.4) is 0 Å². The Labute approximate surface area is 99.9 Å². The number of hydrogen-bond donors (Lipinski definition) is 0. The molecular formula is C15H12N2. The third kappa shape index (κ3) is 2.16. The first-order valence-corrected chi connectivity index (χ1v) is 5.67. The molecule has 0 amide bonds. The van der Waals surface area contributed by atoms with Crippen LogP contribution >= 0.6 is 0 Å². The van der Waals surface area contributed by atoms with E-state index >= 15 is 0 Å². The van der Waals surface area contributed by atoms with E-state index < -0.39 is 0 Å². The van der Waals surface area contributed by atoms with Crippen molar-refractivity contribution in [1.82, 2.24) is 10.2 Å². The maximum Gasteiger partial charge on any atom is 0.0929 e. The summed E-state index contributed by atoms with van der Waals surface area (Å²) in [5.74, 6) is 0. The lowest BCUT2D eigenvalue weighted by Gasteiger charge is -2.01. The highest BCUT2D eigenvalue weighted by atomic mass is 15.1. The summed E-state index contributed by atoms with van der Waals surface area (Å²) >= 11 is 0. The SMILES string of the molecule is c1ccc(Cc2cc3ccccc3nn2)cc1. The summed E-state index contributed by atoms with van der Waals surface area (Å²) in [5.41, 5.74) is 3.22. The Morgan fingerprint density at radius 2 is 1.53 bits per heavy atom. The highest BCUT2D eigenvalue weighted by Gasteiger charge is 2.00. The Balaban J connectivity index is 1.96. The average molecular weight is 220 g/mol. The number of aromatic nitrogens is 2. The summed E-state index contributed by atoms with van der Waals surface area (Å²) < 4.78 is 0. The monoisotopic (exact) mass is 220 g/mol. The van der Waals surface area contributed by atoms with Crippen molar-refractivity contribution in [3.05, 3.63) is 71.9 Å². The fraction of sp³-hybridized carbons (Fsp3) is 0.0667. The Morgan fingerprint density at radius 1 is 0.765 bits per heavy atom. The van der Waals surface area contributed by atoms with Crippen molar-refractivity contribution >= 4 is 10.9 Å². The van der Waals surface area contributed by atoms with Gasteiger partial charge in [0.25, 0.3) is 0 Å². The second kappa shape index (κ2) is 4.34. The summed E-state index contributed by atoms with van der Waals surface area (Å²) in [7, 11) is 0. The smallest absolute Gasteiger partial charge is 0.0929 e. The first-order chi connectivity index (χ1) is 8.42. The molecule has 0 aliphatic rings. The Morgan fingerprint density at radius 3 is 2.41 bits per heavy atom. The van der Waals surface area contributed by atoms with Gasteiger partial charge in [-0.3, -0.25) is 0 Å². The highest BCUT2D eigenvalue weighted by molar-refractivity contribution is 5.77. The number of hydrogen-bond acceptors (Lipinski definition) is 2. The molecule has 1 heterocycles. The molecular weight excluding hydrogens is 208 g/mol. The third-order valence-electron chi connectivity index (χ3n) is 2.77. The van der Waals surface area contributed by atoms with Gasteiger partial charge >= 0.3 is 0 Å². The zero-order valence-corrected chi connectivity index (χ0v) is 9.38. The number of nitrogens with zero attached hydrogens (tertiary/aromatic N) is 2.